The Morgan fingerprint density at radius 2 is 1.68 bits per heavy atom. The minimum atomic E-state index is -4.70. The number of aliphatic carboxylic acids is 1. The first-order valence-electron chi connectivity index (χ1n) is 8.83. The zero-order valence-corrected chi connectivity index (χ0v) is 16.2. The highest BCUT2D eigenvalue weighted by Gasteiger charge is 2.33. The predicted molar refractivity (Wildman–Crippen MR) is 99.1 cm³/mol. The highest BCUT2D eigenvalue weighted by molar-refractivity contribution is 5.73. The van der Waals surface area contributed by atoms with Crippen LogP contribution in [0, 0.1) is 17.0 Å². The van der Waals surface area contributed by atoms with Crippen molar-refractivity contribution in [2.45, 2.75) is 20.0 Å². The number of rotatable bonds is 6. The van der Waals surface area contributed by atoms with Crippen LogP contribution >= 0.6 is 0 Å². The lowest BCUT2D eigenvalue weighted by Crippen LogP contribution is -2.30. The number of aromatic amines is 1. The number of nitrogens with one attached hydrogen (secondary N) is 1. The molecule has 0 atom stereocenters. The van der Waals surface area contributed by atoms with E-state index in [-0.39, 0.29) is 23.6 Å². The fourth-order valence-corrected chi connectivity index (χ4v) is 2.50. The molecule has 0 unspecified atom stereocenters. The zero-order valence-electron chi connectivity index (χ0n) is 16.2. The quantitative estimate of drug-likeness (QED) is 0.530. The summed E-state index contributed by atoms with van der Waals surface area (Å²) in [4.78, 5) is 20.4. The van der Waals surface area contributed by atoms with Gasteiger partial charge < -0.3 is 14.8 Å². The summed E-state index contributed by atoms with van der Waals surface area (Å²) in [7, 11) is 0. The summed E-state index contributed by atoms with van der Waals surface area (Å²) >= 11 is 0. The van der Waals surface area contributed by atoms with Crippen LogP contribution in [0.2, 0.25) is 0 Å². The second kappa shape index (κ2) is 7.97. The summed E-state index contributed by atoms with van der Waals surface area (Å²) in [5.74, 6) is -4.08. The van der Waals surface area contributed by atoms with Crippen molar-refractivity contribution in [1.82, 2.24) is 15.0 Å². The number of halogens is 5. The summed E-state index contributed by atoms with van der Waals surface area (Å²) in [6, 6.07) is 5.05. The minimum Gasteiger partial charge on any atom is -0.481 e. The van der Waals surface area contributed by atoms with Crippen molar-refractivity contribution in [2.75, 3.05) is 6.61 Å². The van der Waals surface area contributed by atoms with E-state index >= 15 is 0 Å². The Morgan fingerprint density at radius 3 is 2.23 bits per heavy atom. The lowest BCUT2D eigenvalue weighted by atomic mass is 9.95. The fourth-order valence-electron chi connectivity index (χ4n) is 2.50. The third kappa shape index (κ3) is 4.65. The molecule has 0 aliphatic heterocycles. The Hall–Kier alpha value is -3.50. The molecule has 0 aliphatic carbocycles. The lowest BCUT2D eigenvalue weighted by molar-refractivity contribution is -0.148. The predicted octanol–water partition coefficient (Wildman–Crippen LogP) is 4.93. The largest absolute Gasteiger partial charge is 0.481 e. The van der Waals surface area contributed by atoms with E-state index in [4.69, 9.17) is 9.84 Å². The van der Waals surface area contributed by atoms with Crippen LogP contribution in [0.1, 0.15) is 19.5 Å². The smallest absolute Gasteiger partial charge is 0.432 e. The van der Waals surface area contributed by atoms with Crippen LogP contribution in [-0.2, 0) is 11.0 Å². The SMILES string of the molecule is CC(C)(COc1ccc(-c2ccc(-c3ncc(C(F)(F)F)[nH]3)c(F)c2F)cn1)C(=O)O. The molecule has 0 saturated carbocycles. The Balaban J connectivity index is 1.83. The average Bonchev–Trinajstić information content (AvgIpc) is 3.19. The number of carbonyl (C=O) groups is 1. The van der Waals surface area contributed by atoms with Gasteiger partial charge in [0.05, 0.1) is 17.2 Å². The summed E-state index contributed by atoms with van der Waals surface area (Å²) in [6.07, 6.45) is -3.00. The van der Waals surface area contributed by atoms with Crippen LogP contribution in [0.25, 0.3) is 22.5 Å². The molecule has 2 N–H and O–H groups in total. The molecule has 6 nitrogen and oxygen atoms in total. The minimum absolute atomic E-state index is 0.0887. The number of hydrogen-bond donors (Lipinski definition) is 2. The molecule has 0 fully saturated rings. The van der Waals surface area contributed by atoms with Gasteiger partial charge in [0.2, 0.25) is 5.88 Å². The molecule has 2 aromatic heterocycles. The number of benzene rings is 1. The number of imidazole rings is 1. The number of hydrogen-bond acceptors (Lipinski definition) is 4. The van der Waals surface area contributed by atoms with Gasteiger partial charge in [-0.1, -0.05) is 6.07 Å². The van der Waals surface area contributed by atoms with Crippen LogP contribution < -0.4 is 4.74 Å². The Kier molecular flexibility index (Phi) is 5.70. The number of pyridine rings is 1. The lowest BCUT2D eigenvalue weighted by Gasteiger charge is -2.19. The van der Waals surface area contributed by atoms with Crippen LogP contribution in [0.4, 0.5) is 22.0 Å². The molecule has 2 heterocycles. The highest BCUT2D eigenvalue weighted by atomic mass is 19.4. The monoisotopic (exact) mass is 441 g/mol. The van der Waals surface area contributed by atoms with E-state index in [0.717, 1.165) is 6.07 Å². The molecule has 0 saturated heterocycles. The maximum Gasteiger partial charge on any atom is 0.432 e. The molecule has 0 aliphatic rings. The van der Waals surface area contributed by atoms with Crippen molar-refractivity contribution in [3.63, 3.8) is 0 Å². The van der Waals surface area contributed by atoms with Gasteiger partial charge in [0.15, 0.2) is 11.6 Å². The number of nitrogens with zero attached hydrogens (tertiary/aromatic N) is 2. The van der Waals surface area contributed by atoms with Crippen molar-refractivity contribution in [2.24, 2.45) is 5.41 Å². The van der Waals surface area contributed by atoms with Gasteiger partial charge in [-0.25, -0.2) is 18.7 Å². The molecular formula is C20H16F5N3O3. The van der Waals surface area contributed by atoms with Gasteiger partial charge in [-0.05, 0) is 26.0 Å². The first-order chi connectivity index (χ1) is 14.4. The number of H-pyrrole nitrogens is 1. The van der Waals surface area contributed by atoms with Crippen molar-refractivity contribution < 1.29 is 36.6 Å². The molecule has 3 rings (SSSR count). The van der Waals surface area contributed by atoms with E-state index in [0.29, 0.717) is 6.20 Å². The normalized spacial score (nSPS) is 12.1. The van der Waals surface area contributed by atoms with Crippen molar-refractivity contribution >= 4 is 5.97 Å². The van der Waals surface area contributed by atoms with Crippen LogP contribution in [-0.4, -0.2) is 32.6 Å². The number of carboxylic acid groups (broad SMARTS) is 1. The van der Waals surface area contributed by atoms with E-state index in [1.54, 1.807) is 0 Å². The third-order valence-corrected chi connectivity index (χ3v) is 4.43. The van der Waals surface area contributed by atoms with E-state index in [9.17, 15) is 26.7 Å². The van der Waals surface area contributed by atoms with Crippen molar-refractivity contribution in [3.8, 4) is 28.4 Å². The number of aromatic nitrogens is 3. The van der Waals surface area contributed by atoms with Gasteiger partial charge in [-0.2, -0.15) is 13.2 Å². The first kappa shape index (κ1) is 22.2. The molecule has 1 aromatic carbocycles. The summed E-state index contributed by atoms with van der Waals surface area (Å²) in [6.45, 7) is 2.79. The van der Waals surface area contributed by atoms with Gasteiger partial charge in [0.25, 0.3) is 0 Å². The molecule has 0 amide bonds. The number of alkyl halides is 3. The summed E-state index contributed by atoms with van der Waals surface area (Å²) < 4.78 is 72.5. The third-order valence-electron chi connectivity index (χ3n) is 4.43. The molecule has 3 aromatic rings. The maximum atomic E-state index is 14.6. The molecule has 0 radical (unpaired) electrons. The molecule has 11 heteroatoms. The van der Waals surface area contributed by atoms with Gasteiger partial charge in [-0.3, -0.25) is 4.79 Å². The molecule has 164 valence electrons. The summed E-state index contributed by atoms with van der Waals surface area (Å²) in [5, 5.41) is 9.07. The van der Waals surface area contributed by atoms with E-state index in [1.807, 2.05) is 4.98 Å². The molecule has 31 heavy (non-hydrogen) atoms. The average molecular weight is 441 g/mol. The highest BCUT2D eigenvalue weighted by Crippen LogP contribution is 2.33. The van der Waals surface area contributed by atoms with Crippen LogP contribution in [0.3, 0.4) is 0 Å². The zero-order chi connectivity index (χ0) is 23.0. The maximum absolute atomic E-state index is 14.6. The van der Waals surface area contributed by atoms with E-state index < -0.39 is 46.3 Å². The Morgan fingerprint density at radius 1 is 1.03 bits per heavy atom. The molecule has 0 spiro atoms. The van der Waals surface area contributed by atoms with Gasteiger partial charge in [-0.15, -0.1) is 0 Å². The standard InChI is InChI=1S/C20H16F5N3O3/c1-19(2,18(29)30)9-31-14-6-3-10(7-26-14)11-4-5-12(16(22)15(11)21)17-27-8-13(28-17)20(23,24)25/h3-8H,9H2,1-2H3,(H,27,28)(H,29,30). The fraction of sp³-hybridized carbons (Fsp3) is 0.250. The van der Waals surface area contributed by atoms with E-state index in [2.05, 4.69) is 9.97 Å². The molecular weight excluding hydrogens is 425 g/mol. The van der Waals surface area contributed by atoms with Crippen LogP contribution in [0.5, 0.6) is 5.88 Å². The number of ether oxygens (including phenoxy) is 1. The second-order valence-corrected chi connectivity index (χ2v) is 7.29. The first-order valence-corrected chi connectivity index (χ1v) is 8.83. The second-order valence-electron chi connectivity index (χ2n) is 7.29. The Labute approximate surface area is 172 Å². The van der Waals surface area contributed by atoms with E-state index in [1.165, 1.54) is 38.2 Å². The van der Waals surface area contributed by atoms with Gasteiger partial charge >= 0.3 is 12.1 Å². The summed E-state index contributed by atoms with van der Waals surface area (Å²) in [5.41, 5.74) is -2.78. The van der Waals surface area contributed by atoms with Crippen molar-refractivity contribution in [3.05, 3.63) is 54.0 Å². The van der Waals surface area contributed by atoms with Crippen LogP contribution in [0.15, 0.2) is 36.7 Å². The topological polar surface area (TPSA) is 88.1 Å². The molecule has 0 bridgehead atoms. The Bertz CT molecular complexity index is 1110. The van der Waals surface area contributed by atoms with Crippen molar-refractivity contribution in [1.29, 1.82) is 0 Å². The number of carboxylic acids is 1. The van der Waals surface area contributed by atoms with Gasteiger partial charge in [0.1, 0.15) is 18.1 Å². The van der Waals surface area contributed by atoms with Gasteiger partial charge in [0, 0.05) is 23.4 Å².